The molecule has 1 N–H and O–H groups in total. The predicted molar refractivity (Wildman–Crippen MR) is 66.4 cm³/mol. The van der Waals surface area contributed by atoms with Gasteiger partial charge < -0.3 is 14.6 Å². The van der Waals surface area contributed by atoms with Gasteiger partial charge in [-0.3, -0.25) is 0 Å². The summed E-state index contributed by atoms with van der Waals surface area (Å²) in [4.78, 5) is 0. The molecule has 1 heterocycles. The summed E-state index contributed by atoms with van der Waals surface area (Å²) in [5, 5.41) is 10.1. The van der Waals surface area contributed by atoms with Crippen molar-refractivity contribution < 1.29 is 27.8 Å². The van der Waals surface area contributed by atoms with E-state index in [1.807, 2.05) is 0 Å². The Hall–Kier alpha value is -1.27. The maximum atomic E-state index is 12.0. The molecular formula is C14H17F3O3. The summed E-state index contributed by atoms with van der Waals surface area (Å²) in [6.45, 7) is 1.31. The Morgan fingerprint density at radius 1 is 1.20 bits per heavy atom. The van der Waals surface area contributed by atoms with Crippen LogP contribution in [0, 0.1) is 5.92 Å². The van der Waals surface area contributed by atoms with Crippen LogP contribution in [0.25, 0.3) is 0 Å². The van der Waals surface area contributed by atoms with E-state index in [4.69, 9.17) is 4.74 Å². The maximum Gasteiger partial charge on any atom is 0.573 e. The Balaban J connectivity index is 1.89. The van der Waals surface area contributed by atoms with Crippen LogP contribution in [0.3, 0.4) is 0 Å². The fourth-order valence-electron chi connectivity index (χ4n) is 2.34. The van der Waals surface area contributed by atoms with E-state index in [1.165, 1.54) is 12.1 Å². The molecule has 0 radical (unpaired) electrons. The quantitative estimate of drug-likeness (QED) is 0.926. The number of ether oxygens (including phenoxy) is 2. The second-order valence-electron chi connectivity index (χ2n) is 4.91. The molecule has 20 heavy (non-hydrogen) atoms. The fraction of sp³-hybridized carbons (Fsp3) is 0.571. The van der Waals surface area contributed by atoms with E-state index in [1.54, 1.807) is 12.1 Å². The highest BCUT2D eigenvalue weighted by Crippen LogP contribution is 2.25. The monoisotopic (exact) mass is 290 g/mol. The number of aliphatic hydroxyl groups is 1. The minimum absolute atomic E-state index is 0.190. The van der Waals surface area contributed by atoms with Crippen LogP contribution >= 0.6 is 0 Å². The minimum atomic E-state index is -4.68. The summed E-state index contributed by atoms with van der Waals surface area (Å²) < 4.78 is 45.1. The average Bonchev–Trinajstić information content (AvgIpc) is 2.40. The Morgan fingerprint density at radius 2 is 1.80 bits per heavy atom. The van der Waals surface area contributed by atoms with Crippen molar-refractivity contribution >= 4 is 0 Å². The summed E-state index contributed by atoms with van der Waals surface area (Å²) in [6.07, 6.45) is -3.11. The molecule has 1 saturated heterocycles. The molecule has 0 aliphatic carbocycles. The van der Waals surface area contributed by atoms with E-state index in [0.29, 0.717) is 19.6 Å². The minimum Gasteiger partial charge on any atom is -0.406 e. The maximum absolute atomic E-state index is 12.0. The normalized spacial score (nSPS) is 18.8. The highest BCUT2D eigenvalue weighted by atomic mass is 19.4. The zero-order valence-electron chi connectivity index (χ0n) is 10.9. The van der Waals surface area contributed by atoms with Crippen molar-refractivity contribution in [3.8, 4) is 5.75 Å². The molecule has 1 unspecified atom stereocenters. The lowest BCUT2D eigenvalue weighted by Gasteiger charge is -2.26. The molecule has 3 nitrogen and oxygen atoms in total. The Bertz CT molecular complexity index is 411. The highest BCUT2D eigenvalue weighted by Gasteiger charge is 2.31. The molecule has 112 valence electrons. The van der Waals surface area contributed by atoms with Gasteiger partial charge in [-0.2, -0.15) is 0 Å². The largest absolute Gasteiger partial charge is 0.573 e. The smallest absolute Gasteiger partial charge is 0.406 e. The summed E-state index contributed by atoms with van der Waals surface area (Å²) in [5.41, 5.74) is 0.790. The van der Waals surface area contributed by atoms with Crippen molar-refractivity contribution in [2.45, 2.75) is 31.7 Å². The summed E-state index contributed by atoms with van der Waals surface area (Å²) in [7, 11) is 0. The van der Waals surface area contributed by atoms with Gasteiger partial charge in [0.1, 0.15) is 5.75 Å². The number of aliphatic hydroxyl groups excluding tert-OH is 1. The van der Waals surface area contributed by atoms with Crippen LogP contribution in [0.5, 0.6) is 5.75 Å². The predicted octanol–water partition coefficient (Wildman–Crippen LogP) is 2.92. The molecule has 1 aliphatic rings. The molecule has 1 fully saturated rings. The lowest BCUT2D eigenvalue weighted by atomic mass is 9.90. The molecule has 0 saturated carbocycles. The van der Waals surface area contributed by atoms with Gasteiger partial charge in [-0.25, -0.2) is 0 Å². The SMILES string of the molecule is OC(Cc1ccc(OC(F)(F)F)cc1)C1CCOCC1. The number of benzene rings is 1. The van der Waals surface area contributed by atoms with Crippen molar-refractivity contribution in [1.29, 1.82) is 0 Å². The van der Waals surface area contributed by atoms with Crippen LogP contribution in [0.2, 0.25) is 0 Å². The molecule has 1 atom stereocenters. The topological polar surface area (TPSA) is 38.7 Å². The van der Waals surface area contributed by atoms with Crippen LogP contribution in [-0.2, 0) is 11.2 Å². The van der Waals surface area contributed by atoms with E-state index >= 15 is 0 Å². The first-order valence-electron chi connectivity index (χ1n) is 6.54. The van der Waals surface area contributed by atoms with Crippen molar-refractivity contribution in [2.75, 3.05) is 13.2 Å². The Kier molecular flexibility index (Phi) is 4.88. The van der Waals surface area contributed by atoms with E-state index in [9.17, 15) is 18.3 Å². The summed E-state index contributed by atoms with van der Waals surface area (Å²) in [6, 6.07) is 5.62. The van der Waals surface area contributed by atoms with Gasteiger partial charge in [0.2, 0.25) is 0 Å². The molecule has 1 aromatic rings. The zero-order chi connectivity index (χ0) is 14.6. The number of hydrogen-bond acceptors (Lipinski definition) is 3. The van der Waals surface area contributed by atoms with Gasteiger partial charge in [0.05, 0.1) is 6.10 Å². The van der Waals surface area contributed by atoms with Gasteiger partial charge >= 0.3 is 6.36 Å². The third-order valence-electron chi connectivity index (χ3n) is 3.41. The zero-order valence-corrected chi connectivity index (χ0v) is 10.9. The molecule has 2 rings (SSSR count). The van der Waals surface area contributed by atoms with E-state index < -0.39 is 12.5 Å². The summed E-state index contributed by atoms with van der Waals surface area (Å²) >= 11 is 0. The van der Waals surface area contributed by atoms with Crippen LogP contribution in [0.4, 0.5) is 13.2 Å². The summed E-state index contributed by atoms with van der Waals surface area (Å²) in [5.74, 6) is -0.0587. The lowest BCUT2D eigenvalue weighted by molar-refractivity contribution is -0.274. The third-order valence-corrected chi connectivity index (χ3v) is 3.41. The van der Waals surface area contributed by atoms with Crippen molar-refractivity contribution in [2.24, 2.45) is 5.92 Å². The first kappa shape index (κ1) is 15.1. The molecule has 0 spiro atoms. The van der Waals surface area contributed by atoms with Crippen LogP contribution in [0.15, 0.2) is 24.3 Å². The number of halogens is 3. The molecular weight excluding hydrogens is 273 g/mol. The number of rotatable bonds is 4. The average molecular weight is 290 g/mol. The van der Waals surface area contributed by atoms with E-state index in [2.05, 4.69) is 4.74 Å². The van der Waals surface area contributed by atoms with Gasteiger partial charge in [-0.15, -0.1) is 13.2 Å². The van der Waals surface area contributed by atoms with Crippen molar-refractivity contribution in [3.63, 3.8) is 0 Å². The highest BCUT2D eigenvalue weighted by molar-refractivity contribution is 5.27. The molecule has 1 aliphatic heterocycles. The molecule has 1 aromatic carbocycles. The van der Waals surface area contributed by atoms with Crippen LogP contribution < -0.4 is 4.74 Å². The molecule has 0 bridgehead atoms. The second kappa shape index (κ2) is 6.45. The third kappa shape index (κ3) is 4.68. The van der Waals surface area contributed by atoms with Gasteiger partial charge in [0, 0.05) is 13.2 Å². The lowest BCUT2D eigenvalue weighted by Crippen LogP contribution is -2.28. The first-order chi connectivity index (χ1) is 9.44. The fourth-order valence-corrected chi connectivity index (χ4v) is 2.34. The van der Waals surface area contributed by atoms with Gasteiger partial charge in [-0.05, 0) is 42.9 Å². The Labute approximate surface area is 115 Å². The first-order valence-corrected chi connectivity index (χ1v) is 6.54. The van der Waals surface area contributed by atoms with Crippen LogP contribution in [-0.4, -0.2) is 30.8 Å². The number of alkyl halides is 3. The van der Waals surface area contributed by atoms with Gasteiger partial charge in [0.15, 0.2) is 0 Å². The molecule has 6 heteroatoms. The van der Waals surface area contributed by atoms with Crippen molar-refractivity contribution in [1.82, 2.24) is 0 Å². The van der Waals surface area contributed by atoms with Gasteiger partial charge in [-0.1, -0.05) is 12.1 Å². The molecule has 0 aromatic heterocycles. The number of hydrogen-bond donors (Lipinski definition) is 1. The van der Waals surface area contributed by atoms with Gasteiger partial charge in [0.25, 0.3) is 0 Å². The van der Waals surface area contributed by atoms with Crippen LogP contribution in [0.1, 0.15) is 18.4 Å². The van der Waals surface area contributed by atoms with Crippen molar-refractivity contribution in [3.05, 3.63) is 29.8 Å². The Morgan fingerprint density at radius 3 is 2.35 bits per heavy atom. The van der Waals surface area contributed by atoms with E-state index in [-0.39, 0.29) is 11.7 Å². The molecule has 0 amide bonds. The second-order valence-corrected chi connectivity index (χ2v) is 4.91. The van der Waals surface area contributed by atoms with E-state index in [0.717, 1.165) is 18.4 Å². The standard InChI is InChI=1S/C14H17F3O3/c15-14(16,17)20-12-3-1-10(2-4-12)9-13(18)11-5-7-19-8-6-11/h1-4,11,13,18H,5-9H2.